The van der Waals surface area contributed by atoms with Crippen LogP contribution >= 0.6 is 35.0 Å². The van der Waals surface area contributed by atoms with Gasteiger partial charge in [-0.15, -0.1) is 0 Å². The zero-order chi connectivity index (χ0) is 21.1. The minimum absolute atomic E-state index is 0.164. The second kappa shape index (κ2) is 9.20. The van der Waals surface area contributed by atoms with Crippen molar-refractivity contribution in [3.05, 3.63) is 68.3 Å². The lowest BCUT2D eigenvalue weighted by Crippen LogP contribution is -2.36. The molecule has 4 nitrogen and oxygen atoms in total. The second-order valence-electron chi connectivity index (χ2n) is 6.54. The molecule has 1 aliphatic heterocycles. The third-order valence-corrected chi connectivity index (χ3v) is 5.92. The summed E-state index contributed by atoms with van der Waals surface area (Å²) in [6.45, 7) is 3.93. The van der Waals surface area contributed by atoms with Crippen LogP contribution in [0.3, 0.4) is 0 Å². The van der Waals surface area contributed by atoms with Crippen molar-refractivity contribution in [3.8, 4) is 5.75 Å². The molecule has 2 aromatic rings. The Hall–Kier alpha value is -2.02. The average Bonchev–Trinajstić information content (AvgIpc) is 2.95. The molecule has 1 aliphatic rings. The lowest BCUT2D eigenvalue weighted by atomic mass is 10.2. The number of carbonyl (C=O) groups is 2. The van der Waals surface area contributed by atoms with Crippen LogP contribution in [0.25, 0.3) is 6.08 Å². The molecular formula is C21H18Cl2FNO3S. The minimum Gasteiger partial charge on any atom is -0.486 e. The number of rotatable bonds is 6. The Morgan fingerprint density at radius 3 is 2.38 bits per heavy atom. The van der Waals surface area contributed by atoms with Gasteiger partial charge in [0.05, 0.1) is 15.0 Å². The van der Waals surface area contributed by atoms with E-state index in [2.05, 4.69) is 0 Å². The van der Waals surface area contributed by atoms with Crippen LogP contribution in [0.4, 0.5) is 9.18 Å². The molecule has 1 atom stereocenters. The number of amides is 2. The van der Waals surface area contributed by atoms with E-state index in [1.54, 1.807) is 30.3 Å². The van der Waals surface area contributed by atoms with Gasteiger partial charge in [0.15, 0.2) is 5.75 Å². The van der Waals surface area contributed by atoms with Crippen LogP contribution in [0, 0.1) is 5.82 Å². The molecule has 1 heterocycles. The molecule has 2 amide bonds. The number of hydrogen-bond donors (Lipinski definition) is 0. The molecule has 2 aromatic carbocycles. The summed E-state index contributed by atoms with van der Waals surface area (Å²) in [5, 5.41) is 0.256. The molecule has 0 saturated carbocycles. The van der Waals surface area contributed by atoms with Crippen LogP contribution in [-0.4, -0.2) is 22.1 Å². The van der Waals surface area contributed by atoms with E-state index in [4.69, 9.17) is 27.9 Å². The largest absolute Gasteiger partial charge is 0.486 e. The maximum atomic E-state index is 13.0. The van der Waals surface area contributed by atoms with E-state index < -0.39 is 0 Å². The lowest BCUT2D eigenvalue weighted by Gasteiger charge is -2.19. The fourth-order valence-electron chi connectivity index (χ4n) is 2.73. The summed E-state index contributed by atoms with van der Waals surface area (Å²) in [4.78, 5) is 26.3. The molecule has 0 unspecified atom stereocenters. The van der Waals surface area contributed by atoms with Crippen molar-refractivity contribution in [1.82, 2.24) is 4.90 Å². The number of thioether (sulfide) groups is 1. The molecule has 29 heavy (non-hydrogen) atoms. The highest BCUT2D eigenvalue weighted by atomic mass is 35.5. The van der Waals surface area contributed by atoms with E-state index in [1.807, 2.05) is 13.8 Å². The standard InChI is InChI=1S/C21H18Cl2FNO3S/c1-3-12(2)25-20(26)18(29-21(25)27)10-14-8-16(22)19(17(23)9-14)28-11-13-4-6-15(24)7-5-13/h4-10,12H,3,11H2,1-2H3/b18-10+/t12-/m0/s1. The first-order valence-electron chi connectivity index (χ1n) is 8.93. The minimum atomic E-state index is -0.327. The van der Waals surface area contributed by atoms with E-state index in [-0.39, 0.29) is 39.7 Å². The van der Waals surface area contributed by atoms with Crippen molar-refractivity contribution < 1.29 is 18.7 Å². The van der Waals surface area contributed by atoms with E-state index >= 15 is 0 Å². The van der Waals surface area contributed by atoms with E-state index in [0.717, 1.165) is 17.3 Å². The molecule has 0 aromatic heterocycles. The second-order valence-corrected chi connectivity index (χ2v) is 8.35. The van der Waals surface area contributed by atoms with Crippen molar-refractivity contribution in [1.29, 1.82) is 0 Å². The van der Waals surface area contributed by atoms with Crippen molar-refractivity contribution in [2.45, 2.75) is 32.9 Å². The highest BCUT2D eigenvalue weighted by Gasteiger charge is 2.37. The number of hydrogen-bond acceptors (Lipinski definition) is 4. The normalized spacial score (nSPS) is 16.6. The first-order chi connectivity index (χ1) is 13.8. The van der Waals surface area contributed by atoms with Gasteiger partial charge in [0.2, 0.25) is 0 Å². The van der Waals surface area contributed by atoms with Crippen LogP contribution in [0.5, 0.6) is 5.75 Å². The fourth-order valence-corrected chi connectivity index (χ4v) is 4.27. The molecule has 1 fully saturated rings. The molecule has 1 saturated heterocycles. The zero-order valence-corrected chi connectivity index (χ0v) is 18.1. The van der Waals surface area contributed by atoms with Crippen LogP contribution in [0.1, 0.15) is 31.4 Å². The van der Waals surface area contributed by atoms with Crippen LogP contribution in [0.15, 0.2) is 41.3 Å². The smallest absolute Gasteiger partial charge is 0.293 e. The van der Waals surface area contributed by atoms with Gasteiger partial charge in [-0.1, -0.05) is 42.3 Å². The molecule has 152 valence electrons. The Morgan fingerprint density at radius 2 is 1.79 bits per heavy atom. The molecule has 8 heteroatoms. The van der Waals surface area contributed by atoms with Crippen LogP contribution in [0.2, 0.25) is 10.0 Å². The van der Waals surface area contributed by atoms with Crippen molar-refractivity contribution in [3.63, 3.8) is 0 Å². The summed E-state index contributed by atoms with van der Waals surface area (Å²) in [6, 6.07) is 8.98. The third-order valence-electron chi connectivity index (χ3n) is 4.47. The van der Waals surface area contributed by atoms with Crippen molar-refractivity contribution in [2.24, 2.45) is 0 Å². The average molecular weight is 454 g/mol. The third kappa shape index (κ3) is 4.94. The summed E-state index contributed by atoms with van der Waals surface area (Å²) >= 11 is 13.5. The monoisotopic (exact) mass is 453 g/mol. The summed E-state index contributed by atoms with van der Waals surface area (Å²) in [7, 11) is 0. The van der Waals surface area contributed by atoms with E-state index in [1.165, 1.54) is 17.0 Å². The highest BCUT2D eigenvalue weighted by molar-refractivity contribution is 8.18. The SMILES string of the molecule is CC[C@H](C)N1C(=O)S/C(=C/c2cc(Cl)c(OCc3ccc(F)cc3)c(Cl)c2)C1=O. The fraction of sp³-hybridized carbons (Fsp3) is 0.238. The zero-order valence-electron chi connectivity index (χ0n) is 15.7. The molecule has 0 aliphatic carbocycles. The number of benzene rings is 2. The summed E-state index contributed by atoms with van der Waals surface area (Å²) in [5.74, 6) is -0.354. The van der Waals surface area contributed by atoms with Gasteiger partial charge in [0, 0.05) is 6.04 Å². The van der Waals surface area contributed by atoms with E-state index in [0.29, 0.717) is 22.6 Å². The quantitative estimate of drug-likeness (QED) is 0.465. The number of halogens is 3. The molecule has 0 radical (unpaired) electrons. The van der Waals surface area contributed by atoms with Crippen molar-refractivity contribution in [2.75, 3.05) is 0 Å². The van der Waals surface area contributed by atoms with Gasteiger partial charge in [-0.3, -0.25) is 14.5 Å². The maximum absolute atomic E-state index is 13.0. The number of carbonyl (C=O) groups excluding carboxylic acids is 2. The predicted molar refractivity (Wildman–Crippen MR) is 115 cm³/mol. The lowest BCUT2D eigenvalue weighted by molar-refractivity contribution is -0.124. The molecule has 3 rings (SSSR count). The molecule has 0 N–H and O–H groups in total. The van der Waals surface area contributed by atoms with Gasteiger partial charge < -0.3 is 4.74 Å². The Balaban J connectivity index is 1.78. The van der Waals surface area contributed by atoms with Gasteiger partial charge >= 0.3 is 0 Å². The molecule has 0 spiro atoms. The predicted octanol–water partition coefficient (Wildman–Crippen LogP) is 6.55. The van der Waals surface area contributed by atoms with Gasteiger partial charge in [0.25, 0.3) is 11.1 Å². The Morgan fingerprint density at radius 1 is 1.17 bits per heavy atom. The number of nitrogens with zero attached hydrogens (tertiary/aromatic N) is 1. The summed E-state index contributed by atoms with van der Waals surface area (Å²) in [6.07, 6.45) is 2.28. The maximum Gasteiger partial charge on any atom is 0.293 e. The molecule has 0 bridgehead atoms. The topological polar surface area (TPSA) is 46.6 Å². The summed E-state index contributed by atoms with van der Waals surface area (Å²) < 4.78 is 18.7. The van der Waals surface area contributed by atoms with Crippen LogP contribution < -0.4 is 4.74 Å². The Bertz CT molecular complexity index is 955. The van der Waals surface area contributed by atoms with Crippen molar-refractivity contribution >= 4 is 52.2 Å². The Labute approximate surface area is 182 Å². The van der Waals surface area contributed by atoms with Crippen LogP contribution in [-0.2, 0) is 11.4 Å². The number of imide groups is 1. The Kier molecular flexibility index (Phi) is 6.88. The summed E-state index contributed by atoms with van der Waals surface area (Å²) in [5.41, 5.74) is 1.35. The van der Waals surface area contributed by atoms with Gasteiger partial charge in [-0.2, -0.15) is 0 Å². The van der Waals surface area contributed by atoms with Gasteiger partial charge in [-0.05, 0) is 66.6 Å². The van der Waals surface area contributed by atoms with Gasteiger partial charge in [0.1, 0.15) is 12.4 Å². The number of ether oxygens (including phenoxy) is 1. The molecular weight excluding hydrogens is 436 g/mol. The van der Waals surface area contributed by atoms with E-state index in [9.17, 15) is 14.0 Å². The highest BCUT2D eigenvalue weighted by Crippen LogP contribution is 2.38. The first kappa shape index (κ1) is 21.7. The van der Waals surface area contributed by atoms with Gasteiger partial charge in [-0.25, -0.2) is 4.39 Å². The first-order valence-corrected chi connectivity index (χ1v) is 10.5.